The van der Waals surface area contributed by atoms with Gasteiger partial charge >= 0.3 is 0 Å². The van der Waals surface area contributed by atoms with Crippen LogP contribution in [0.5, 0.6) is 0 Å². The zero-order valence-electron chi connectivity index (χ0n) is 16.3. The molecule has 6 nitrogen and oxygen atoms in total. The van der Waals surface area contributed by atoms with Crippen LogP contribution in [-0.2, 0) is 10.0 Å². The number of hydrogen-bond acceptors (Lipinski definition) is 3. The van der Waals surface area contributed by atoms with Gasteiger partial charge in [0.25, 0.3) is 0 Å². The molecule has 0 spiro atoms. The van der Waals surface area contributed by atoms with Gasteiger partial charge in [-0.3, -0.25) is 4.99 Å². The van der Waals surface area contributed by atoms with Gasteiger partial charge in [0.1, 0.15) is 11.6 Å². The molecule has 2 fully saturated rings. The first-order chi connectivity index (χ1) is 13.4. The van der Waals surface area contributed by atoms with Gasteiger partial charge in [0.05, 0.1) is 5.75 Å². The summed E-state index contributed by atoms with van der Waals surface area (Å²) in [6, 6.07) is 3.97. The van der Waals surface area contributed by atoms with Crippen molar-refractivity contribution in [3.8, 4) is 0 Å². The topological polar surface area (TPSA) is 73.8 Å². The van der Waals surface area contributed by atoms with Crippen molar-refractivity contribution in [2.45, 2.75) is 50.6 Å². The van der Waals surface area contributed by atoms with E-state index in [0.29, 0.717) is 44.7 Å². The summed E-state index contributed by atoms with van der Waals surface area (Å²) < 4.78 is 53.7. The van der Waals surface area contributed by atoms with E-state index < -0.39 is 21.7 Å². The van der Waals surface area contributed by atoms with Crippen LogP contribution in [0.4, 0.5) is 8.78 Å². The van der Waals surface area contributed by atoms with E-state index in [-0.39, 0.29) is 29.3 Å². The molecule has 1 aromatic carbocycles. The van der Waals surface area contributed by atoms with Gasteiger partial charge in [0, 0.05) is 43.7 Å². The maximum atomic E-state index is 13.9. The van der Waals surface area contributed by atoms with Crippen molar-refractivity contribution >= 4 is 16.0 Å². The molecule has 9 heteroatoms. The highest BCUT2D eigenvalue weighted by Crippen LogP contribution is 2.43. The first kappa shape index (κ1) is 21.0. The van der Waals surface area contributed by atoms with Crippen LogP contribution in [0.1, 0.15) is 44.1 Å². The molecule has 1 saturated carbocycles. The Hall–Kier alpha value is -1.74. The van der Waals surface area contributed by atoms with Gasteiger partial charge < -0.3 is 10.6 Å². The SMILES string of the molecule is CCCS(=O)(=O)N1CCC(NC(=NC)NC2CC2c2c(F)cccc2F)CC1. The number of guanidine groups is 1. The molecular formula is C19H28F2N4O2S. The lowest BCUT2D eigenvalue weighted by Crippen LogP contribution is -2.50. The van der Waals surface area contributed by atoms with Crippen LogP contribution in [0.3, 0.4) is 0 Å². The largest absolute Gasteiger partial charge is 0.354 e. The highest BCUT2D eigenvalue weighted by Gasteiger charge is 2.42. The smallest absolute Gasteiger partial charge is 0.214 e. The number of sulfonamides is 1. The molecule has 1 aromatic rings. The third-order valence-electron chi connectivity index (χ3n) is 5.36. The molecular weight excluding hydrogens is 386 g/mol. The second kappa shape index (κ2) is 8.73. The average Bonchev–Trinajstić information content (AvgIpc) is 3.40. The Balaban J connectivity index is 1.50. The predicted molar refractivity (Wildman–Crippen MR) is 106 cm³/mol. The predicted octanol–water partition coefficient (Wildman–Crippen LogP) is 2.19. The number of piperidine rings is 1. The summed E-state index contributed by atoms with van der Waals surface area (Å²) in [6.07, 6.45) is 2.65. The van der Waals surface area contributed by atoms with Crippen LogP contribution in [-0.4, -0.2) is 56.7 Å². The second-order valence-electron chi connectivity index (χ2n) is 7.43. The van der Waals surface area contributed by atoms with Crippen molar-refractivity contribution in [1.29, 1.82) is 0 Å². The van der Waals surface area contributed by atoms with E-state index >= 15 is 0 Å². The summed E-state index contributed by atoms with van der Waals surface area (Å²) in [6.45, 7) is 2.84. The zero-order chi connectivity index (χ0) is 20.3. The molecule has 0 aromatic heterocycles. The molecule has 0 radical (unpaired) electrons. The third-order valence-corrected chi connectivity index (χ3v) is 7.43. The number of halogens is 2. The molecule has 2 atom stereocenters. The molecule has 28 heavy (non-hydrogen) atoms. The molecule has 0 bridgehead atoms. The maximum absolute atomic E-state index is 13.9. The van der Waals surface area contributed by atoms with Crippen LogP contribution in [0.2, 0.25) is 0 Å². The molecule has 2 aliphatic rings. The Morgan fingerprint density at radius 2 is 1.86 bits per heavy atom. The Morgan fingerprint density at radius 3 is 2.43 bits per heavy atom. The van der Waals surface area contributed by atoms with Gasteiger partial charge in [0.2, 0.25) is 10.0 Å². The van der Waals surface area contributed by atoms with Gasteiger partial charge in [-0.15, -0.1) is 0 Å². The zero-order valence-corrected chi connectivity index (χ0v) is 17.1. The molecule has 156 valence electrons. The molecule has 1 aliphatic carbocycles. The maximum Gasteiger partial charge on any atom is 0.214 e. The van der Waals surface area contributed by atoms with Crippen molar-refractivity contribution in [2.75, 3.05) is 25.9 Å². The third kappa shape index (κ3) is 4.81. The summed E-state index contributed by atoms with van der Waals surface area (Å²) in [5.41, 5.74) is 0.130. The molecule has 2 N–H and O–H groups in total. The van der Waals surface area contributed by atoms with Crippen LogP contribution >= 0.6 is 0 Å². The van der Waals surface area contributed by atoms with Crippen LogP contribution < -0.4 is 10.6 Å². The summed E-state index contributed by atoms with van der Waals surface area (Å²) in [4.78, 5) is 4.21. The van der Waals surface area contributed by atoms with Crippen molar-refractivity contribution in [1.82, 2.24) is 14.9 Å². The minimum Gasteiger partial charge on any atom is -0.354 e. The molecule has 2 unspecified atom stereocenters. The number of aliphatic imine (C=N–C) groups is 1. The lowest BCUT2D eigenvalue weighted by molar-refractivity contribution is 0.306. The Labute approximate surface area is 165 Å². The van der Waals surface area contributed by atoms with E-state index in [9.17, 15) is 17.2 Å². The van der Waals surface area contributed by atoms with Crippen LogP contribution in [0.25, 0.3) is 0 Å². The van der Waals surface area contributed by atoms with Crippen molar-refractivity contribution in [3.05, 3.63) is 35.4 Å². The fourth-order valence-corrected chi connectivity index (χ4v) is 5.28. The highest BCUT2D eigenvalue weighted by atomic mass is 32.2. The number of rotatable bonds is 6. The van der Waals surface area contributed by atoms with Gasteiger partial charge in [0.15, 0.2) is 5.96 Å². The van der Waals surface area contributed by atoms with E-state index in [1.165, 1.54) is 18.2 Å². The number of nitrogens with zero attached hydrogens (tertiary/aromatic N) is 2. The first-order valence-corrected chi connectivity index (χ1v) is 11.4. The number of hydrogen-bond donors (Lipinski definition) is 2. The normalized spacial score (nSPS) is 24.2. The van der Waals surface area contributed by atoms with Gasteiger partial charge in [-0.2, -0.15) is 0 Å². The van der Waals surface area contributed by atoms with Gasteiger partial charge in [-0.25, -0.2) is 21.5 Å². The lowest BCUT2D eigenvalue weighted by atomic mass is 10.1. The Morgan fingerprint density at radius 1 is 1.21 bits per heavy atom. The number of nitrogens with one attached hydrogen (secondary N) is 2. The van der Waals surface area contributed by atoms with Crippen molar-refractivity contribution in [3.63, 3.8) is 0 Å². The fraction of sp³-hybridized carbons (Fsp3) is 0.632. The summed E-state index contributed by atoms with van der Waals surface area (Å²) in [5, 5.41) is 6.54. The molecule has 1 saturated heterocycles. The molecule has 0 amide bonds. The van der Waals surface area contributed by atoms with Crippen molar-refractivity contribution in [2.24, 2.45) is 4.99 Å². The standard InChI is InChI=1S/C19H28F2N4O2S/c1-3-11-28(26,27)25-9-7-13(8-10-25)23-19(22-2)24-17-12-14(17)18-15(20)5-4-6-16(18)21/h4-6,13-14,17H,3,7-12H2,1-2H3,(H2,22,23,24). The summed E-state index contributed by atoms with van der Waals surface area (Å²) in [5.74, 6) is -0.472. The van der Waals surface area contributed by atoms with Crippen LogP contribution in [0.15, 0.2) is 23.2 Å². The molecule has 1 heterocycles. The van der Waals surface area contributed by atoms with Crippen LogP contribution in [0, 0.1) is 11.6 Å². The molecule has 3 rings (SSSR count). The van der Waals surface area contributed by atoms with E-state index in [2.05, 4.69) is 15.6 Å². The first-order valence-electron chi connectivity index (χ1n) is 9.77. The van der Waals surface area contributed by atoms with Gasteiger partial charge in [-0.1, -0.05) is 13.0 Å². The van der Waals surface area contributed by atoms with E-state index in [4.69, 9.17) is 0 Å². The van der Waals surface area contributed by atoms with E-state index in [1.54, 1.807) is 11.4 Å². The van der Waals surface area contributed by atoms with Gasteiger partial charge in [-0.05, 0) is 37.8 Å². The summed E-state index contributed by atoms with van der Waals surface area (Å²) in [7, 11) is -1.51. The second-order valence-corrected chi connectivity index (χ2v) is 9.52. The minimum absolute atomic E-state index is 0.0670. The quantitative estimate of drug-likeness (QED) is 0.553. The lowest BCUT2D eigenvalue weighted by Gasteiger charge is -2.32. The minimum atomic E-state index is -3.16. The fourth-order valence-electron chi connectivity index (χ4n) is 3.74. The highest BCUT2D eigenvalue weighted by molar-refractivity contribution is 7.89. The Bertz CT molecular complexity index is 803. The average molecular weight is 415 g/mol. The van der Waals surface area contributed by atoms with E-state index in [0.717, 1.165) is 0 Å². The Kier molecular flexibility index (Phi) is 6.54. The number of benzene rings is 1. The summed E-state index contributed by atoms with van der Waals surface area (Å²) >= 11 is 0. The van der Waals surface area contributed by atoms with E-state index in [1.807, 2.05) is 6.92 Å². The molecule has 1 aliphatic heterocycles. The monoisotopic (exact) mass is 414 g/mol. The van der Waals surface area contributed by atoms with Crippen molar-refractivity contribution < 1.29 is 17.2 Å².